The number of amides is 1. The second-order valence-corrected chi connectivity index (χ2v) is 6.60. The van der Waals surface area contributed by atoms with Crippen molar-refractivity contribution >= 4 is 45.8 Å². The number of halogens is 3. The Hall–Kier alpha value is -0.290. The van der Waals surface area contributed by atoms with Gasteiger partial charge in [-0.3, -0.25) is 4.79 Å². The van der Waals surface area contributed by atoms with Crippen LogP contribution in [0.25, 0.3) is 0 Å². The van der Waals surface area contributed by atoms with Crippen molar-refractivity contribution < 1.29 is 4.79 Å². The molecule has 2 aliphatic rings. The maximum atomic E-state index is 12.5. The molecule has 0 bridgehead atoms. The first-order valence-electron chi connectivity index (χ1n) is 6.63. The van der Waals surface area contributed by atoms with E-state index in [0.717, 1.165) is 30.5 Å². The lowest BCUT2D eigenvalue weighted by atomic mass is 9.93. The van der Waals surface area contributed by atoms with Gasteiger partial charge in [-0.2, -0.15) is 0 Å². The summed E-state index contributed by atoms with van der Waals surface area (Å²) in [5.41, 5.74) is 0.606. The number of carbonyl (C=O) groups excluding carboxylic acids is 1. The van der Waals surface area contributed by atoms with Gasteiger partial charge in [-0.1, -0.05) is 27.5 Å². The number of fused-ring (bicyclic) bond motifs is 1. The van der Waals surface area contributed by atoms with Crippen LogP contribution in [-0.4, -0.2) is 36.5 Å². The Morgan fingerprint density at radius 1 is 1.40 bits per heavy atom. The van der Waals surface area contributed by atoms with Crippen LogP contribution in [0.5, 0.6) is 0 Å². The SMILES string of the molecule is Cl.O=C(c1ccc(Br)cc1Cl)N1CCC2NCCC2C1. The Kier molecular flexibility index (Phi) is 5.35. The van der Waals surface area contributed by atoms with Crippen molar-refractivity contribution in [2.45, 2.75) is 18.9 Å². The van der Waals surface area contributed by atoms with Gasteiger partial charge in [-0.25, -0.2) is 0 Å². The Bertz CT molecular complexity index is 512. The van der Waals surface area contributed by atoms with Crippen molar-refractivity contribution in [2.24, 2.45) is 5.92 Å². The van der Waals surface area contributed by atoms with Gasteiger partial charge in [0.15, 0.2) is 0 Å². The van der Waals surface area contributed by atoms with Crippen LogP contribution < -0.4 is 5.32 Å². The molecule has 6 heteroatoms. The summed E-state index contributed by atoms with van der Waals surface area (Å²) in [6.07, 6.45) is 2.22. The van der Waals surface area contributed by atoms with Crippen LogP contribution in [0.1, 0.15) is 23.2 Å². The van der Waals surface area contributed by atoms with Gasteiger partial charge >= 0.3 is 0 Å². The molecule has 110 valence electrons. The third kappa shape index (κ3) is 3.14. The number of likely N-dealkylation sites (tertiary alicyclic amines) is 1. The van der Waals surface area contributed by atoms with E-state index in [1.165, 1.54) is 6.42 Å². The van der Waals surface area contributed by atoms with Crippen molar-refractivity contribution in [2.75, 3.05) is 19.6 Å². The Morgan fingerprint density at radius 3 is 2.95 bits per heavy atom. The average Bonchev–Trinajstić information content (AvgIpc) is 2.85. The molecule has 2 saturated heterocycles. The normalized spacial score (nSPS) is 25.0. The van der Waals surface area contributed by atoms with Crippen LogP contribution >= 0.6 is 39.9 Å². The zero-order valence-electron chi connectivity index (χ0n) is 10.9. The van der Waals surface area contributed by atoms with Gasteiger partial charge in [0.25, 0.3) is 5.91 Å². The Balaban J connectivity index is 0.00000147. The third-order valence-corrected chi connectivity index (χ3v) is 4.91. The number of rotatable bonds is 1. The summed E-state index contributed by atoms with van der Waals surface area (Å²) in [4.78, 5) is 14.5. The van der Waals surface area contributed by atoms with Gasteiger partial charge in [0, 0.05) is 23.6 Å². The van der Waals surface area contributed by atoms with Gasteiger partial charge in [-0.15, -0.1) is 12.4 Å². The van der Waals surface area contributed by atoms with Gasteiger partial charge < -0.3 is 10.2 Å². The molecule has 0 aromatic heterocycles. The van der Waals surface area contributed by atoms with Gasteiger partial charge in [-0.05, 0) is 43.5 Å². The molecule has 0 aliphatic carbocycles. The number of nitrogens with zero attached hydrogens (tertiary/aromatic N) is 1. The molecule has 0 saturated carbocycles. The van der Waals surface area contributed by atoms with E-state index in [1.807, 2.05) is 11.0 Å². The van der Waals surface area contributed by atoms with Crippen molar-refractivity contribution in [1.29, 1.82) is 0 Å². The predicted octanol–water partition coefficient (Wildman–Crippen LogP) is 3.35. The molecular weight excluding hydrogens is 363 g/mol. The zero-order valence-corrected chi connectivity index (χ0v) is 14.1. The number of nitrogens with one attached hydrogen (secondary N) is 1. The zero-order chi connectivity index (χ0) is 13.4. The molecule has 3 rings (SSSR count). The molecule has 0 spiro atoms. The Morgan fingerprint density at radius 2 is 2.20 bits per heavy atom. The third-order valence-electron chi connectivity index (χ3n) is 4.10. The number of hydrogen-bond donors (Lipinski definition) is 1. The first kappa shape index (κ1) is 16.1. The van der Waals surface area contributed by atoms with E-state index in [4.69, 9.17) is 11.6 Å². The number of carbonyl (C=O) groups is 1. The van der Waals surface area contributed by atoms with Crippen molar-refractivity contribution in [3.63, 3.8) is 0 Å². The molecule has 0 radical (unpaired) electrons. The molecule has 1 aromatic rings. The summed E-state index contributed by atoms with van der Waals surface area (Å²) in [6, 6.07) is 6.04. The van der Waals surface area contributed by atoms with Crippen LogP contribution in [0.4, 0.5) is 0 Å². The maximum Gasteiger partial charge on any atom is 0.255 e. The number of hydrogen-bond acceptors (Lipinski definition) is 2. The fraction of sp³-hybridized carbons (Fsp3) is 0.500. The van der Waals surface area contributed by atoms with E-state index in [9.17, 15) is 4.79 Å². The lowest BCUT2D eigenvalue weighted by Crippen LogP contribution is -2.46. The van der Waals surface area contributed by atoms with Crippen molar-refractivity contribution in [1.82, 2.24) is 10.2 Å². The van der Waals surface area contributed by atoms with Crippen LogP contribution in [0, 0.1) is 5.92 Å². The largest absolute Gasteiger partial charge is 0.338 e. The minimum Gasteiger partial charge on any atom is -0.338 e. The molecule has 1 amide bonds. The second-order valence-electron chi connectivity index (χ2n) is 5.27. The predicted molar refractivity (Wildman–Crippen MR) is 86.8 cm³/mol. The minimum atomic E-state index is 0. The van der Waals surface area contributed by atoms with E-state index in [1.54, 1.807) is 12.1 Å². The monoisotopic (exact) mass is 378 g/mol. The van der Waals surface area contributed by atoms with Crippen molar-refractivity contribution in [3.05, 3.63) is 33.3 Å². The fourth-order valence-corrected chi connectivity index (χ4v) is 3.82. The summed E-state index contributed by atoms with van der Waals surface area (Å²) >= 11 is 9.53. The summed E-state index contributed by atoms with van der Waals surface area (Å²) in [5, 5.41) is 4.03. The molecule has 3 nitrogen and oxygen atoms in total. The van der Waals surface area contributed by atoms with Crippen molar-refractivity contribution in [3.8, 4) is 0 Å². The van der Waals surface area contributed by atoms with E-state index < -0.39 is 0 Å². The van der Waals surface area contributed by atoms with E-state index in [0.29, 0.717) is 22.5 Å². The topological polar surface area (TPSA) is 32.3 Å². The summed E-state index contributed by atoms with van der Waals surface area (Å²) in [7, 11) is 0. The molecule has 1 N–H and O–H groups in total. The summed E-state index contributed by atoms with van der Waals surface area (Å²) in [5.74, 6) is 0.662. The number of benzene rings is 1. The summed E-state index contributed by atoms with van der Waals surface area (Å²) in [6.45, 7) is 2.75. The molecular formula is C14H17BrCl2N2O. The lowest BCUT2D eigenvalue weighted by Gasteiger charge is -2.35. The molecule has 2 unspecified atom stereocenters. The van der Waals surface area contributed by atoms with Crippen LogP contribution in [0.2, 0.25) is 5.02 Å². The van der Waals surface area contributed by atoms with Gasteiger partial charge in [0.1, 0.15) is 0 Å². The average molecular weight is 380 g/mol. The highest BCUT2D eigenvalue weighted by molar-refractivity contribution is 9.10. The molecule has 2 aliphatic heterocycles. The van der Waals surface area contributed by atoms with E-state index in [-0.39, 0.29) is 18.3 Å². The summed E-state index contributed by atoms with van der Waals surface area (Å²) < 4.78 is 0.896. The maximum absolute atomic E-state index is 12.5. The highest BCUT2D eigenvalue weighted by Crippen LogP contribution is 2.28. The fourth-order valence-electron chi connectivity index (χ4n) is 3.07. The molecule has 2 heterocycles. The first-order valence-corrected chi connectivity index (χ1v) is 7.80. The first-order chi connectivity index (χ1) is 9.15. The smallest absolute Gasteiger partial charge is 0.255 e. The molecule has 2 fully saturated rings. The van der Waals surface area contributed by atoms with Gasteiger partial charge in [0.05, 0.1) is 10.6 Å². The molecule has 1 aromatic carbocycles. The van der Waals surface area contributed by atoms with Crippen LogP contribution in [0.3, 0.4) is 0 Å². The minimum absolute atomic E-state index is 0. The van der Waals surface area contributed by atoms with Crippen LogP contribution in [0.15, 0.2) is 22.7 Å². The standard InChI is InChI=1S/C14H16BrClN2O.ClH/c15-10-1-2-11(12(16)7-10)14(19)18-6-4-13-9(8-18)3-5-17-13;/h1-2,7,9,13,17H,3-6,8H2;1H. The second kappa shape index (κ2) is 6.65. The molecule has 2 atom stereocenters. The Labute approximate surface area is 138 Å². The highest BCUT2D eigenvalue weighted by atomic mass is 79.9. The van der Waals surface area contributed by atoms with Gasteiger partial charge in [0.2, 0.25) is 0 Å². The van der Waals surface area contributed by atoms with E-state index in [2.05, 4.69) is 21.2 Å². The highest BCUT2D eigenvalue weighted by Gasteiger charge is 2.34. The quantitative estimate of drug-likeness (QED) is 0.811. The number of piperidine rings is 1. The van der Waals surface area contributed by atoms with Crippen LogP contribution in [-0.2, 0) is 0 Å². The molecule has 20 heavy (non-hydrogen) atoms. The van der Waals surface area contributed by atoms with E-state index >= 15 is 0 Å². The lowest BCUT2D eigenvalue weighted by molar-refractivity contribution is 0.0662.